The number of nitrogens with zero attached hydrogens (tertiary/aromatic N) is 2. The molecule has 1 N–H and O–H groups in total. The summed E-state index contributed by atoms with van der Waals surface area (Å²) >= 11 is 0. The lowest BCUT2D eigenvalue weighted by Crippen LogP contribution is -2.32. The summed E-state index contributed by atoms with van der Waals surface area (Å²) in [6.45, 7) is 9.31. The Balaban J connectivity index is 2.62. The molecule has 0 aliphatic carbocycles. The summed E-state index contributed by atoms with van der Waals surface area (Å²) in [5.41, 5.74) is -0.0235. The fourth-order valence-corrected chi connectivity index (χ4v) is 1.62. The first-order valence-electron chi connectivity index (χ1n) is 5.16. The molecule has 1 aromatic rings. The SMILES string of the molecule is CCN(CC)CC(C)n1cc[nH]c1=O. The van der Waals surface area contributed by atoms with Gasteiger partial charge in [-0.1, -0.05) is 13.8 Å². The van der Waals surface area contributed by atoms with Crippen molar-refractivity contribution in [2.45, 2.75) is 26.8 Å². The van der Waals surface area contributed by atoms with Gasteiger partial charge in [0.25, 0.3) is 0 Å². The average molecular weight is 197 g/mol. The van der Waals surface area contributed by atoms with Crippen LogP contribution in [0.3, 0.4) is 0 Å². The average Bonchev–Trinajstić information content (AvgIpc) is 2.60. The van der Waals surface area contributed by atoms with Crippen LogP contribution < -0.4 is 5.69 Å². The number of likely N-dealkylation sites (N-methyl/N-ethyl adjacent to an activating group) is 1. The van der Waals surface area contributed by atoms with Gasteiger partial charge in [-0.2, -0.15) is 0 Å². The molecule has 0 saturated heterocycles. The van der Waals surface area contributed by atoms with E-state index in [0.29, 0.717) is 0 Å². The highest BCUT2D eigenvalue weighted by Crippen LogP contribution is 2.04. The van der Waals surface area contributed by atoms with Gasteiger partial charge in [0, 0.05) is 25.0 Å². The Hall–Kier alpha value is -1.03. The third-order valence-electron chi connectivity index (χ3n) is 2.57. The van der Waals surface area contributed by atoms with E-state index in [1.54, 1.807) is 17.0 Å². The van der Waals surface area contributed by atoms with Gasteiger partial charge >= 0.3 is 5.69 Å². The van der Waals surface area contributed by atoms with Crippen molar-refractivity contribution in [2.75, 3.05) is 19.6 Å². The minimum atomic E-state index is -0.0235. The molecule has 14 heavy (non-hydrogen) atoms. The van der Waals surface area contributed by atoms with Crippen LogP contribution in [0.4, 0.5) is 0 Å². The van der Waals surface area contributed by atoms with E-state index in [1.165, 1.54) is 0 Å². The third kappa shape index (κ3) is 2.48. The number of aromatic nitrogens is 2. The van der Waals surface area contributed by atoms with Crippen LogP contribution in [0.1, 0.15) is 26.8 Å². The van der Waals surface area contributed by atoms with Crippen molar-refractivity contribution >= 4 is 0 Å². The highest BCUT2D eigenvalue weighted by molar-refractivity contribution is 4.81. The predicted molar refractivity (Wildman–Crippen MR) is 57.6 cm³/mol. The van der Waals surface area contributed by atoms with Gasteiger partial charge in [-0.3, -0.25) is 4.57 Å². The summed E-state index contributed by atoms with van der Waals surface area (Å²) in [4.78, 5) is 16.3. The molecule has 1 unspecified atom stereocenters. The second kappa shape index (κ2) is 5.00. The Labute approximate surface area is 84.5 Å². The topological polar surface area (TPSA) is 41.0 Å². The van der Waals surface area contributed by atoms with Crippen molar-refractivity contribution in [3.8, 4) is 0 Å². The van der Waals surface area contributed by atoms with E-state index >= 15 is 0 Å². The first-order valence-corrected chi connectivity index (χ1v) is 5.16. The third-order valence-corrected chi connectivity index (χ3v) is 2.57. The van der Waals surface area contributed by atoms with Crippen molar-refractivity contribution in [2.24, 2.45) is 0 Å². The second-order valence-electron chi connectivity index (χ2n) is 3.51. The van der Waals surface area contributed by atoms with Gasteiger partial charge < -0.3 is 9.88 Å². The number of imidazole rings is 1. The van der Waals surface area contributed by atoms with Crippen molar-refractivity contribution in [1.29, 1.82) is 0 Å². The van der Waals surface area contributed by atoms with Gasteiger partial charge in [0.15, 0.2) is 0 Å². The standard InChI is InChI=1S/C10H19N3O/c1-4-12(5-2)8-9(3)13-7-6-11-10(13)14/h6-7,9H,4-5,8H2,1-3H3,(H,11,14). The number of nitrogens with one attached hydrogen (secondary N) is 1. The largest absolute Gasteiger partial charge is 0.325 e. The normalized spacial score (nSPS) is 13.4. The molecular weight excluding hydrogens is 178 g/mol. The van der Waals surface area contributed by atoms with Crippen LogP contribution in [-0.4, -0.2) is 34.1 Å². The molecule has 1 rings (SSSR count). The molecule has 0 saturated carbocycles. The molecule has 0 radical (unpaired) electrons. The number of aromatic amines is 1. The highest BCUT2D eigenvalue weighted by atomic mass is 16.1. The van der Waals surface area contributed by atoms with E-state index in [4.69, 9.17) is 0 Å². The van der Waals surface area contributed by atoms with E-state index in [2.05, 4.69) is 30.7 Å². The maximum Gasteiger partial charge on any atom is 0.325 e. The van der Waals surface area contributed by atoms with E-state index in [1.807, 2.05) is 0 Å². The molecule has 0 fully saturated rings. The monoisotopic (exact) mass is 197 g/mol. The number of hydrogen-bond acceptors (Lipinski definition) is 2. The zero-order valence-corrected chi connectivity index (χ0v) is 9.16. The van der Waals surface area contributed by atoms with Crippen molar-refractivity contribution in [3.63, 3.8) is 0 Å². The van der Waals surface area contributed by atoms with Gasteiger partial charge in [0.2, 0.25) is 0 Å². The van der Waals surface area contributed by atoms with Gasteiger partial charge in [-0.25, -0.2) is 4.79 Å². The summed E-state index contributed by atoms with van der Waals surface area (Å²) in [7, 11) is 0. The van der Waals surface area contributed by atoms with Crippen LogP contribution in [0.15, 0.2) is 17.2 Å². The van der Waals surface area contributed by atoms with Crippen LogP contribution in [0.25, 0.3) is 0 Å². The molecule has 4 heteroatoms. The summed E-state index contributed by atoms with van der Waals surface area (Å²) in [5, 5.41) is 0. The van der Waals surface area contributed by atoms with Crippen LogP contribution in [0, 0.1) is 0 Å². The van der Waals surface area contributed by atoms with Gasteiger partial charge in [-0.15, -0.1) is 0 Å². The molecule has 0 aliphatic rings. The number of hydrogen-bond donors (Lipinski definition) is 1. The van der Waals surface area contributed by atoms with Gasteiger partial charge in [0.05, 0.1) is 0 Å². The molecular formula is C10H19N3O. The molecule has 1 atom stereocenters. The maximum absolute atomic E-state index is 11.3. The summed E-state index contributed by atoms with van der Waals surface area (Å²) in [6, 6.07) is 0.230. The lowest BCUT2D eigenvalue weighted by molar-refractivity contribution is 0.259. The van der Waals surface area contributed by atoms with Gasteiger partial charge in [-0.05, 0) is 20.0 Å². The summed E-state index contributed by atoms with van der Waals surface area (Å²) in [5.74, 6) is 0. The molecule has 80 valence electrons. The lowest BCUT2D eigenvalue weighted by atomic mass is 10.3. The van der Waals surface area contributed by atoms with Gasteiger partial charge in [0.1, 0.15) is 0 Å². The second-order valence-corrected chi connectivity index (χ2v) is 3.51. The Morgan fingerprint density at radius 1 is 1.50 bits per heavy atom. The number of H-pyrrole nitrogens is 1. The van der Waals surface area contributed by atoms with Crippen molar-refractivity contribution < 1.29 is 0 Å². The Morgan fingerprint density at radius 3 is 2.57 bits per heavy atom. The van der Waals surface area contributed by atoms with E-state index < -0.39 is 0 Å². The smallest absolute Gasteiger partial charge is 0.313 e. The maximum atomic E-state index is 11.3. The number of rotatable bonds is 5. The summed E-state index contributed by atoms with van der Waals surface area (Å²) < 4.78 is 1.73. The van der Waals surface area contributed by atoms with E-state index in [9.17, 15) is 4.79 Å². The quantitative estimate of drug-likeness (QED) is 0.767. The first-order chi connectivity index (χ1) is 6.69. The Kier molecular flexibility index (Phi) is 3.95. The van der Waals surface area contributed by atoms with E-state index in [-0.39, 0.29) is 11.7 Å². The van der Waals surface area contributed by atoms with Crippen LogP contribution >= 0.6 is 0 Å². The Morgan fingerprint density at radius 2 is 2.14 bits per heavy atom. The first kappa shape index (κ1) is 11.0. The fourth-order valence-electron chi connectivity index (χ4n) is 1.62. The van der Waals surface area contributed by atoms with E-state index in [0.717, 1.165) is 19.6 Å². The van der Waals surface area contributed by atoms with Crippen molar-refractivity contribution in [1.82, 2.24) is 14.5 Å². The fraction of sp³-hybridized carbons (Fsp3) is 0.700. The molecule has 0 aromatic carbocycles. The zero-order chi connectivity index (χ0) is 10.6. The molecule has 0 bridgehead atoms. The lowest BCUT2D eigenvalue weighted by Gasteiger charge is -2.22. The molecule has 0 aliphatic heterocycles. The molecule has 1 aromatic heterocycles. The Bertz CT molecular complexity index is 311. The minimum Gasteiger partial charge on any atom is -0.313 e. The zero-order valence-electron chi connectivity index (χ0n) is 9.16. The molecule has 0 amide bonds. The van der Waals surface area contributed by atoms with Crippen LogP contribution in [-0.2, 0) is 0 Å². The molecule has 0 spiro atoms. The molecule has 4 nitrogen and oxygen atoms in total. The van der Waals surface area contributed by atoms with Crippen LogP contribution in [0.5, 0.6) is 0 Å². The van der Waals surface area contributed by atoms with Crippen molar-refractivity contribution in [3.05, 3.63) is 22.9 Å². The molecule has 1 heterocycles. The highest BCUT2D eigenvalue weighted by Gasteiger charge is 2.09. The van der Waals surface area contributed by atoms with Crippen LogP contribution in [0.2, 0.25) is 0 Å². The summed E-state index contributed by atoms with van der Waals surface area (Å²) in [6.07, 6.45) is 3.48. The predicted octanol–water partition coefficient (Wildman–Crippen LogP) is 1.08. The minimum absolute atomic E-state index is 0.0235.